The molecule has 1 heterocycles. The zero-order valence-electron chi connectivity index (χ0n) is 27.4. The lowest BCUT2D eigenvalue weighted by Crippen LogP contribution is -2.44. The van der Waals surface area contributed by atoms with Gasteiger partial charge in [-0.05, 0) is 58.9 Å². The maximum absolute atomic E-state index is 13.8. The molecule has 246 valence electrons. The van der Waals surface area contributed by atoms with Gasteiger partial charge < -0.3 is 14.8 Å². The highest BCUT2D eigenvalue weighted by Gasteiger charge is 2.27. The number of hydrogen-bond acceptors (Lipinski definition) is 7. The minimum absolute atomic E-state index is 0.0685. The number of anilines is 1. The largest absolute Gasteiger partial charge is 0.489 e. The number of carbonyl (C=O) groups is 3. The fourth-order valence-electron chi connectivity index (χ4n) is 5.00. The van der Waals surface area contributed by atoms with E-state index in [-0.39, 0.29) is 17.6 Å². The number of hydrogen-bond donors (Lipinski definition) is 3. The molecule has 8 nitrogen and oxygen atoms in total. The Balaban J connectivity index is 1.26. The minimum atomic E-state index is -0.968. The van der Waals surface area contributed by atoms with Crippen LogP contribution in [0.2, 0.25) is 0 Å². The average Bonchev–Trinajstić information content (AvgIpc) is 3.52. The fraction of sp³-hybridized carbons (Fsp3) is 0.205. The van der Waals surface area contributed by atoms with Gasteiger partial charge in [-0.2, -0.15) is 0 Å². The average molecular weight is 662 g/mol. The zero-order chi connectivity index (χ0) is 34.1. The van der Waals surface area contributed by atoms with E-state index >= 15 is 0 Å². The molecule has 1 atom stereocenters. The van der Waals surface area contributed by atoms with Crippen molar-refractivity contribution in [2.45, 2.75) is 45.8 Å². The first-order valence-corrected chi connectivity index (χ1v) is 16.6. The van der Waals surface area contributed by atoms with E-state index in [1.165, 1.54) is 16.9 Å². The molecular weight excluding hydrogens is 623 g/mol. The normalized spacial score (nSPS) is 11.8. The topological polar surface area (TPSA) is 106 Å². The van der Waals surface area contributed by atoms with Crippen molar-refractivity contribution in [1.29, 1.82) is 0 Å². The summed E-state index contributed by atoms with van der Waals surface area (Å²) in [5.41, 5.74) is 10.6. The van der Waals surface area contributed by atoms with Gasteiger partial charge in [0.1, 0.15) is 29.0 Å². The van der Waals surface area contributed by atoms with Crippen molar-refractivity contribution in [1.82, 2.24) is 10.9 Å². The second-order valence-electron chi connectivity index (χ2n) is 12.1. The molecule has 0 radical (unpaired) electrons. The molecule has 0 unspecified atom stereocenters. The quantitative estimate of drug-likeness (QED) is 0.0922. The maximum Gasteiger partial charge on any atom is 0.341 e. The van der Waals surface area contributed by atoms with Crippen LogP contribution >= 0.6 is 11.3 Å². The van der Waals surface area contributed by atoms with E-state index in [1.807, 2.05) is 78.2 Å². The summed E-state index contributed by atoms with van der Waals surface area (Å²) in [4.78, 5) is 40.0. The van der Waals surface area contributed by atoms with Crippen molar-refractivity contribution in [3.8, 4) is 16.9 Å². The van der Waals surface area contributed by atoms with Crippen molar-refractivity contribution in [2.75, 3.05) is 11.9 Å². The summed E-state index contributed by atoms with van der Waals surface area (Å²) in [6.45, 7) is 8.79. The van der Waals surface area contributed by atoms with Gasteiger partial charge in [0.15, 0.2) is 0 Å². The number of benzene rings is 4. The third kappa shape index (κ3) is 8.56. The van der Waals surface area contributed by atoms with Crippen molar-refractivity contribution in [3.63, 3.8) is 0 Å². The van der Waals surface area contributed by atoms with Gasteiger partial charge in [-0.1, -0.05) is 106 Å². The lowest BCUT2D eigenvalue weighted by Gasteiger charge is -2.20. The van der Waals surface area contributed by atoms with E-state index in [9.17, 15) is 14.4 Å². The summed E-state index contributed by atoms with van der Waals surface area (Å²) in [7, 11) is 0. The van der Waals surface area contributed by atoms with Gasteiger partial charge in [0, 0.05) is 16.5 Å². The van der Waals surface area contributed by atoms with E-state index in [0.29, 0.717) is 28.3 Å². The van der Waals surface area contributed by atoms with Crippen LogP contribution in [0.5, 0.6) is 5.75 Å². The zero-order valence-corrected chi connectivity index (χ0v) is 28.2. The summed E-state index contributed by atoms with van der Waals surface area (Å²) >= 11 is 1.23. The molecule has 9 heteroatoms. The summed E-state index contributed by atoms with van der Waals surface area (Å²) in [5.74, 6) is -0.634. The first-order valence-electron chi connectivity index (χ1n) is 15.7. The highest BCUT2D eigenvalue weighted by molar-refractivity contribution is 7.15. The Hall–Kier alpha value is -5.25. The van der Waals surface area contributed by atoms with E-state index < -0.39 is 23.8 Å². The third-order valence-corrected chi connectivity index (χ3v) is 8.55. The molecule has 48 heavy (non-hydrogen) atoms. The van der Waals surface area contributed by atoms with Crippen LogP contribution in [0, 0.1) is 0 Å². The summed E-state index contributed by atoms with van der Waals surface area (Å²) in [6.07, 6.45) is 0. The molecule has 3 N–H and O–H groups in total. The van der Waals surface area contributed by atoms with Crippen LogP contribution in [0.1, 0.15) is 71.1 Å². The van der Waals surface area contributed by atoms with Crippen molar-refractivity contribution < 1.29 is 23.9 Å². The van der Waals surface area contributed by atoms with E-state index in [4.69, 9.17) is 9.47 Å². The number of nitrogens with one attached hydrogen (secondary N) is 3. The molecule has 0 aliphatic rings. The van der Waals surface area contributed by atoms with Gasteiger partial charge in [-0.15, -0.1) is 11.3 Å². The smallest absolute Gasteiger partial charge is 0.341 e. The lowest BCUT2D eigenvalue weighted by molar-refractivity contribution is -0.118. The molecule has 1 aromatic heterocycles. The van der Waals surface area contributed by atoms with Crippen molar-refractivity contribution in [3.05, 3.63) is 142 Å². The predicted molar refractivity (Wildman–Crippen MR) is 190 cm³/mol. The summed E-state index contributed by atoms with van der Waals surface area (Å²) < 4.78 is 11.3. The van der Waals surface area contributed by atoms with Gasteiger partial charge in [-0.3, -0.25) is 15.0 Å². The third-order valence-electron chi connectivity index (χ3n) is 7.66. The van der Waals surface area contributed by atoms with Crippen LogP contribution in [0.15, 0.2) is 115 Å². The van der Waals surface area contributed by atoms with Crippen LogP contribution in [0.3, 0.4) is 0 Å². The van der Waals surface area contributed by atoms with Crippen molar-refractivity contribution in [2.24, 2.45) is 0 Å². The maximum atomic E-state index is 13.8. The molecule has 0 bridgehead atoms. The molecule has 2 amide bonds. The number of esters is 1. The number of hydrazine groups is 1. The van der Waals surface area contributed by atoms with Crippen molar-refractivity contribution >= 4 is 34.1 Å². The molecular formula is C39H39N3O5S. The number of rotatable bonds is 12. The predicted octanol–water partition coefficient (Wildman–Crippen LogP) is 8.08. The second-order valence-corrected chi connectivity index (χ2v) is 13.0. The number of amides is 2. The Labute approximate surface area is 285 Å². The van der Waals surface area contributed by atoms with Crippen LogP contribution < -0.4 is 20.9 Å². The second kappa shape index (κ2) is 15.6. The highest BCUT2D eigenvalue weighted by atomic mass is 32.1. The Morgan fingerprint density at radius 3 is 2.08 bits per heavy atom. The van der Waals surface area contributed by atoms with Gasteiger partial charge in [0.2, 0.25) is 5.91 Å². The standard InChI is InChI=1S/C39H39N3O5S/c1-5-46-38(45)33-32(27-12-8-6-9-13-27)25-48-37(33)40-36(44)34(28-14-10-7-11-15-28)41-42-35(43)29-18-16-26(17-19-29)24-47-31-22-20-30(21-23-31)39(2,3)4/h6-23,25,34,41H,5,24H2,1-4H3,(H,40,44)(H,42,43)/t34-/m1/s1. The molecule has 5 aromatic rings. The minimum Gasteiger partial charge on any atom is -0.489 e. The molecule has 0 saturated carbocycles. The fourth-order valence-corrected chi connectivity index (χ4v) is 5.96. The highest BCUT2D eigenvalue weighted by Crippen LogP contribution is 2.36. The molecule has 0 aliphatic carbocycles. The lowest BCUT2D eigenvalue weighted by atomic mass is 9.87. The van der Waals surface area contributed by atoms with Crippen LogP contribution in [-0.2, 0) is 21.6 Å². The molecule has 0 aliphatic heterocycles. The first kappa shape index (κ1) is 34.1. The van der Waals surface area contributed by atoms with Crippen LogP contribution in [0.4, 0.5) is 5.00 Å². The van der Waals surface area contributed by atoms with Gasteiger partial charge >= 0.3 is 5.97 Å². The monoisotopic (exact) mass is 661 g/mol. The molecule has 0 fully saturated rings. The Bertz CT molecular complexity index is 1830. The van der Waals surface area contributed by atoms with Gasteiger partial charge in [0.05, 0.1) is 6.61 Å². The van der Waals surface area contributed by atoms with Gasteiger partial charge in [-0.25, -0.2) is 10.2 Å². The van der Waals surface area contributed by atoms with E-state index in [0.717, 1.165) is 16.9 Å². The summed E-state index contributed by atoms with van der Waals surface area (Å²) in [6, 6.07) is 32.6. The Morgan fingerprint density at radius 1 is 0.812 bits per heavy atom. The molecule has 0 saturated heterocycles. The van der Waals surface area contributed by atoms with E-state index in [2.05, 4.69) is 49.1 Å². The molecule has 5 rings (SSSR count). The Kier molecular flexibility index (Phi) is 11.1. The number of carbonyl (C=O) groups excluding carboxylic acids is 3. The number of ether oxygens (including phenoxy) is 2. The number of thiophene rings is 1. The molecule has 4 aromatic carbocycles. The molecule has 0 spiro atoms. The first-order chi connectivity index (χ1) is 23.1. The Morgan fingerprint density at radius 2 is 1.46 bits per heavy atom. The summed E-state index contributed by atoms with van der Waals surface area (Å²) in [5, 5.41) is 5.07. The van der Waals surface area contributed by atoms with Crippen LogP contribution in [0.25, 0.3) is 11.1 Å². The van der Waals surface area contributed by atoms with Gasteiger partial charge in [0.25, 0.3) is 5.91 Å². The van der Waals surface area contributed by atoms with Crippen LogP contribution in [-0.4, -0.2) is 24.4 Å². The van der Waals surface area contributed by atoms with E-state index in [1.54, 1.807) is 31.2 Å². The SMILES string of the molecule is CCOC(=O)c1c(-c2ccccc2)csc1NC(=O)[C@H](NNC(=O)c1ccc(COc2ccc(C(C)(C)C)cc2)cc1)c1ccccc1.